The molecule has 0 aliphatic heterocycles. The van der Waals surface area contributed by atoms with Crippen LogP contribution in [-0.2, 0) is 4.74 Å². The van der Waals surface area contributed by atoms with E-state index in [1.165, 1.54) is 0 Å². The Hall–Kier alpha value is -0.520. The zero-order valence-electron chi connectivity index (χ0n) is 11.2. The number of carboxylic acids is 1. The summed E-state index contributed by atoms with van der Waals surface area (Å²) >= 11 is 4.84. The molecule has 0 heterocycles. The van der Waals surface area contributed by atoms with Crippen LogP contribution in [0.2, 0.25) is 0 Å². The van der Waals surface area contributed by atoms with E-state index in [0.717, 1.165) is 23.7 Å². The van der Waals surface area contributed by atoms with E-state index in [-0.39, 0.29) is 0 Å². The molecule has 0 unspecified atom stereocenters. The standard InChI is InChI=1S/C14H19BrO3S/c1-10(2)5-6-18-7-8-19-11-3-4-13(15)12(9-11)14(16)17/h3-4,9-10H,5-8H2,1-2H3,(H,16,17). The van der Waals surface area contributed by atoms with Crippen LogP contribution in [0.4, 0.5) is 0 Å². The quantitative estimate of drug-likeness (QED) is 0.563. The summed E-state index contributed by atoms with van der Waals surface area (Å²) in [6, 6.07) is 5.37. The van der Waals surface area contributed by atoms with Crippen molar-refractivity contribution in [1.82, 2.24) is 0 Å². The van der Waals surface area contributed by atoms with Gasteiger partial charge in [-0.15, -0.1) is 11.8 Å². The first-order valence-corrected chi connectivity index (χ1v) is 8.02. The Kier molecular flexibility index (Phi) is 7.49. The highest BCUT2D eigenvalue weighted by atomic mass is 79.9. The van der Waals surface area contributed by atoms with Gasteiger partial charge in [0, 0.05) is 21.7 Å². The Morgan fingerprint density at radius 3 is 2.79 bits per heavy atom. The number of hydrogen-bond donors (Lipinski definition) is 1. The van der Waals surface area contributed by atoms with Gasteiger partial charge in [0.05, 0.1) is 12.2 Å². The van der Waals surface area contributed by atoms with Crippen molar-refractivity contribution in [2.24, 2.45) is 5.92 Å². The molecular formula is C14H19BrO3S. The number of rotatable bonds is 8. The van der Waals surface area contributed by atoms with Crippen LogP contribution in [0.15, 0.2) is 27.6 Å². The van der Waals surface area contributed by atoms with Gasteiger partial charge in [-0.3, -0.25) is 0 Å². The van der Waals surface area contributed by atoms with E-state index in [1.807, 2.05) is 6.07 Å². The van der Waals surface area contributed by atoms with Crippen molar-refractivity contribution in [3.8, 4) is 0 Å². The molecule has 1 aromatic rings. The summed E-state index contributed by atoms with van der Waals surface area (Å²) in [6.45, 7) is 5.83. The van der Waals surface area contributed by atoms with Crippen LogP contribution < -0.4 is 0 Å². The number of ether oxygens (including phenoxy) is 1. The normalized spacial score (nSPS) is 10.9. The fourth-order valence-electron chi connectivity index (χ4n) is 1.40. The van der Waals surface area contributed by atoms with Crippen molar-refractivity contribution >= 4 is 33.7 Å². The maximum absolute atomic E-state index is 11.0. The highest BCUT2D eigenvalue weighted by Gasteiger charge is 2.09. The van der Waals surface area contributed by atoms with E-state index in [0.29, 0.717) is 22.6 Å². The summed E-state index contributed by atoms with van der Waals surface area (Å²) in [5.41, 5.74) is 0.297. The number of thioether (sulfide) groups is 1. The second kappa shape index (κ2) is 8.61. The minimum absolute atomic E-state index is 0.297. The zero-order valence-corrected chi connectivity index (χ0v) is 13.6. The highest BCUT2D eigenvalue weighted by Crippen LogP contribution is 2.24. The predicted octanol–water partition coefficient (Wildman–Crippen LogP) is 4.30. The molecule has 19 heavy (non-hydrogen) atoms. The lowest BCUT2D eigenvalue weighted by molar-refractivity contribution is 0.0695. The van der Waals surface area contributed by atoms with Crippen LogP contribution in [0.1, 0.15) is 30.6 Å². The van der Waals surface area contributed by atoms with Crippen LogP contribution in [-0.4, -0.2) is 30.0 Å². The fourth-order valence-corrected chi connectivity index (χ4v) is 2.62. The minimum atomic E-state index is -0.914. The smallest absolute Gasteiger partial charge is 0.336 e. The lowest BCUT2D eigenvalue weighted by Crippen LogP contribution is -2.02. The van der Waals surface area contributed by atoms with Crippen molar-refractivity contribution in [2.45, 2.75) is 25.2 Å². The number of carboxylic acid groups (broad SMARTS) is 1. The third-order valence-electron chi connectivity index (χ3n) is 2.50. The molecule has 0 radical (unpaired) electrons. The minimum Gasteiger partial charge on any atom is -0.478 e. The van der Waals surface area contributed by atoms with Crippen LogP contribution in [0, 0.1) is 5.92 Å². The van der Waals surface area contributed by atoms with Crippen molar-refractivity contribution in [3.63, 3.8) is 0 Å². The number of benzene rings is 1. The van der Waals surface area contributed by atoms with Gasteiger partial charge in [-0.05, 0) is 46.5 Å². The van der Waals surface area contributed by atoms with Gasteiger partial charge in [0.1, 0.15) is 0 Å². The van der Waals surface area contributed by atoms with Gasteiger partial charge in [0.25, 0.3) is 0 Å². The summed E-state index contributed by atoms with van der Waals surface area (Å²) in [4.78, 5) is 11.9. The lowest BCUT2D eigenvalue weighted by Gasteiger charge is -2.07. The molecule has 0 fully saturated rings. The van der Waals surface area contributed by atoms with Gasteiger partial charge in [-0.1, -0.05) is 13.8 Å². The van der Waals surface area contributed by atoms with E-state index in [9.17, 15) is 4.79 Å². The van der Waals surface area contributed by atoms with Crippen LogP contribution >= 0.6 is 27.7 Å². The predicted molar refractivity (Wildman–Crippen MR) is 82.1 cm³/mol. The maximum Gasteiger partial charge on any atom is 0.336 e. The first kappa shape index (κ1) is 16.5. The molecule has 0 aromatic heterocycles. The largest absolute Gasteiger partial charge is 0.478 e. The van der Waals surface area contributed by atoms with Crippen LogP contribution in [0.3, 0.4) is 0 Å². The molecule has 0 aliphatic rings. The van der Waals surface area contributed by atoms with Gasteiger partial charge in [0.15, 0.2) is 0 Å². The summed E-state index contributed by atoms with van der Waals surface area (Å²) in [5, 5.41) is 9.02. The number of carbonyl (C=O) groups is 1. The Morgan fingerprint density at radius 1 is 1.42 bits per heavy atom. The zero-order chi connectivity index (χ0) is 14.3. The SMILES string of the molecule is CC(C)CCOCCSc1ccc(Br)c(C(=O)O)c1. The number of hydrogen-bond acceptors (Lipinski definition) is 3. The van der Waals surface area contributed by atoms with Gasteiger partial charge in [0.2, 0.25) is 0 Å². The molecule has 0 spiro atoms. The summed E-state index contributed by atoms with van der Waals surface area (Å²) in [6.07, 6.45) is 1.08. The maximum atomic E-state index is 11.0. The van der Waals surface area contributed by atoms with Crippen LogP contribution in [0.25, 0.3) is 0 Å². The Bertz CT molecular complexity index is 421. The van der Waals surface area contributed by atoms with Gasteiger partial charge >= 0.3 is 5.97 Å². The topological polar surface area (TPSA) is 46.5 Å². The van der Waals surface area contributed by atoms with Crippen molar-refractivity contribution in [2.75, 3.05) is 19.0 Å². The van der Waals surface area contributed by atoms with Gasteiger partial charge in [-0.2, -0.15) is 0 Å². The number of halogens is 1. The first-order valence-electron chi connectivity index (χ1n) is 6.24. The summed E-state index contributed by atoms with van der Waals surface area (Å²) < 4.78 is 6.13. The molecule has 0 bridgehead atoms. The average molecular weight is 347 g/mol. The second-order valence-corrected chi connectivity index (χ2v) is 6.61. The lowest BCUT2D eigenvalue weighted by atomic mass is 10.1. The van der Waals surface area contributed by atoms with E-state index < -0.39 is 5.97 Å². The van der Waals surface area contributed by atoms with E-state index in [4.69, 9.17) is 9.84 Å². The van der Waals surface area contributed by atoms with Gasteiger partial charge in [-0.25, -0.2) is 4.79 Å². The molecule has 106 valence electrons. The van der Waals surface area contributed by atoms with Crippen molar-refractivity contribution in [3.05, 3.63) is 28.2 Å². The first-order chi connectivity index (χ1) is 9.00. The Labute approximate surface area is 126 Å². The summed E-state index contributed by atoms with van der Waals surface area (Å²) in [5.74, 6) is 0.582. The van der Waals surface area contributed by atoms with E-state index in [2.05, 4.69) is 29.8 Å². The molecule has 1 rings (SSSR count). The molecule has 1 N–H and O–H groups in total. The monoisotopic (exact) mass is 346 g/mol. The molecule has 3 nitrogen and oxygen atoms in total. The molecule has 0 aliphatic carbocycles. The molecule has 0 amide bonds. The third kappa shape index (κ3) is 6.45. The molecule has 0 saturated carbocycles. The van der Waals surface area contributed by atoms with E-state index in [1.54, 1.807) is 23.9 Å². The van der Waals surface area contributed by atoms with Crippen molar-refractivity contribution in [1.29, 1.82) is 0 Å². The Balaban J connectivity index is 2.34. The van der Waals surface area contributed by atoms with Gasteiger partial charge < -0.3 is 9.84 Å². The van der Waals surface area contributed by atoms with Crippen LogP contribution in [0.5, 0.6) is 0 Å². The third-order valence-corrected chi connectivity index (χ3v) is 4.15. The van der Waals surface area contributed by atoms with E-state index >= 15 is 0 Å². The molecule has 0 atom stereocenters. The van der Waals surface area contributed by atoms with Crippen molar-refractivity contribution < 1.29 is 14.6 Å². The fraction of sp³-hybridized carbons (Fsp3) is 0.500. The Morgan fingerprint density at radius 2 is 2.16 bits per heavy atom. The summed E-state index contributed by atoms with van der Waals surface area (Å²) in [7, 11) is 0. The average Bonchev–Trinajstić information content (AvgIpc) is 2.34. The second-order valence-electron chi connectivity index (χ2n) is 4.59. The number of aromatic carboxylic acids is 1. The molecular weight excluding hydrogens is 328 g/mol. The molecule has 1 aromatic carbocycles. The molecule has 0 saturated heterocycles. The highest BCUT2D eigenvalue weighted by molar-refractivity contribution is 9.10. The molecule has 5 heteroatoms.